The largest absolute Gasteiger partial charge is 0.480 e. The first-order valence-electron chi connectivity index (χ1n) is 5.71. The summed E-state index contributed by atoms with van der Waals surface area (Å²) in [6.07, 6.45) is -0.973. The molecule has 0 spiro atoms. The zero-order chi connectivity index (χ0) is 16.0. The fourth-order valence-corrected chi connectivity index (χ4v) is 3.38. The van der Waals surface area contributed by atoms with Crippen molar-refractivity contribution >= 4 is 21.2 Å². The number of hydrogen-bond donors (Lipinski definition) is 7. The van der Waals surface area contributed by atoms with E-state index in [9.17, 15) is 13.9 Å². The molecule has 0 heterocycles. The highest BCUT2D eigenvalue weighted by atomic mass is 31.2. The molecule has 1 unspecified atom stereocenters. The Morgan fingerprint density at radius 3 is 1.90 bits per heavy atom. The zero-order valence-corrected chi connectivity index (χ0v) is 12.4. The maximum atomic E-state index is 10.9. The van der Waals surface area contributed by atoms with E-state index in [1.807, 2.05) is 0 Å². The summed E-state index contributed by atoms with van der Waals surface area (Å²) < 4.78 is 21.7. The van der Waals surface area contributed by atoms with Crippen molar-refractivity contribution in [2.45, 2.75) is 24.9 Å². The molecule has 0 aromatic carbocycles. The van der Waals surface area contributed by atoms with Gasteiger partial charge in [-0.05, 0) is 19.4 Å². The highest BCUT2D eigenvalue weighted by molar-refractivity contribution is 7.53. The van der Waals surface area contributed by atoms with Gasteiger partial charge in [0.2, 0.25) is 0 Å². The summed E-state index contributed by atoms with van der Waals surface area (Å²) in [5.41, 5.74) is 5.26. The predicted octanol–water partition coefficient (Wildman–Crippen LogP) is -1.51. The van der Waals surface area contributed by atoms with Crippen molar-refractivity contribution in [3.63, 3.8) is 0 Å². The fraction of sp³-hybridized carbons (Fsp3) is 0.875. The van der Waals surface area contributed by atoms with Crippen LogP contribution in [0.25, 0.3) is 0 Å². The lowest BCUT2D eigenvalue weighted by Gasteiger charge is -2.20. The first-order chi connectivity index (χ1) is 8.91. The van der Waals surface area contributed by atoms with Crippen LogP contribution in [0.3, 0.4) is 0 Å². The van der Waals surface area contributed by atoms with Gasteiger partial charge in [-0.15, -0.1) is 0 Å². The third-order valence-corrected chi connectivity index (χ3v) is 4.19. The van der Waals surface area contributed by atoms with Crippen molar-refractivity contribution < 1.29 is 38.6 Å². The monoisotopic (exact) mass is 334 g/mol. The Hall–Kier alpha value is -0.310. The van der Waals surface area contributed by atoms with Gasteiger partial charge in [0.15, 0.2) is 0 Å². The maximum absolute atomic E-state index is 10.9. The summed E-state index contributed by atoms with van der Waals surface area (Å²) in [4.78, 5) is 45.7. The second-order valence-corrected chi connectivity index (χ2v) is 7.82. The van der Waals surface area contributed by atoms with Crippen LogP contribution in [0.15, 0.2) is 0 Å². The van der Waals surface area contributed by atoms with E-state index in [-0.39, 0.29) is 13.0 Å². The summed E-state index contributed by atoms with van der Waals surface area (Å²) in [6, 6.07) is -2.10. The molecule has 0 aliphatic carbocycles. The topological polar surface area (TPSA) is 190 Å². The van der Waals surface area contributed by atoms with E-state index in [0.717, 1.165) is 0 Å². The van der Waals surface area contributed by atoms with Crippen LogP contribution in [0.4, 0.5) is 0 Å². The van der Waals surface area contributed by atoms with Crippen LogP contribution in [-0.4, -0.2) is 61.6 Å². The third kappa shape index (κ3) is 11.5. The Balaban J connectivity index is 4.27. The molecule has 0 fully saturated rings. The van der Waals surface area contributed by atoms with Gasteiger partial charge in [-0.25, -0.2) is 0 Å². The highest BCUT2D eigenvalue weighted by Crippen LogP contribution is 2.40. The van der Waals surface area contributed by atoms with Gasteiger partial charge in [-0.1, -0.05) is 0 Å². The highest BCUT2D eigenvalue weighted by Gasteiger charge is 2.27. The summed E-state index contributed by atoms with van der Waals surface area (Å²) in [5.74, 6) is -1.16. The first kappa shape index (κ1) is 19.7. The van der Waals surface area contributed by atoms with Crippen LogP contribution in [0, 0.1) is 0 Å². The van der Waals surface area contributed by atoms with E-state index in [1.165, 1.54) is 0 Å². The van der Waals surface area contributed by atoms with Crippen molar-refractivity contribution in [1.29, 1.82) is 0 Å². The third-order valence-electron chi connectivity index (χ3n) is 2.36. The second-order valence-electron chi connectivity index (χ2n) is 4.43. The van der Waals surface area contributed by atoms with Crippen LogP contribution in [0.5, 0.6) is 0 Å². The quantitative estimate of drug-likeness (QED) is 0.182. The number of carbonyl (C=O) groups is 1. The van der Waals surface area contributed by atoms with Gasteiger partial charge in [-0.2, -0.15) is 0 Å². The van der Waals surface area contributed by atoms with Gasteiger partial charge in [0, 0.05) is 6.04 Å². The SMILES string of the molecule is NC(CCCNC(CP(=O)(O)O)CP(=O)(O)O)C(=O)O. The lowest BCUT2D eigenvalue weighted by Crippen LogP contribution is -2.37. The molecule has 0 aliphatic rings. The number of aliphatic carboxylic acids is 1. The second kappa shape index (κ2) is 8.21. The predicted molar refractivity (Wildman–Crippen MR) is 70.5 cm³/mol. The number of hydrogen-bond acceptors (Lipinski definition) is 5. The van der Waals surface area contributed by atoms with Crippen LogP contribution in [-0.2, 0) is 13.9 Å². The van der Waals surface area contributed by atoms with Crippen molar-refractivity contribution in [1.82, 2.24) is 5.32 Å². The molecule has 120 valence electrons. The Morgan fingerprint density at radius 2 is 1.55 bits per heavy atom. The molecule has 12 heteroatoms. The molecular weight excluding hydrogens is 314 g/mol. The van der Waals surface area contributed by atoms with Crippen LogP contribution in [0.2, 0.25) is 0 Å². The average molecular weight is 334 g/mol. The van der Waals surface area contributed by atoms with Crippen molar-refractivity contribution in [3.05, 3.63) is 0 Å². The van der Waals surface area contributed by atoms with E-state index in [1.54, 1.807) is 0 Å². The fourth-order valence-electron chi connectivity index (χ4n) is 1.51. The van der Waals surface area contributed by atoms with Crippen LogP contribution >= 0.6 is 15.2 Å². The van der Waals surface area contributed by atoms with Crippen LogP contribution < -0.4 is 11.1 Å². The Bertz CT molecular complexity index is 381. The molecule has 1 atom stereocenters. The molecule has 0 aromatic heterocycles. The molecule has 0 bridgehead atoms. The standard InChI is InChI=1S/C8H20N2O8P2/c9-7(8(11)12)2-1-3-10-6(4-19(13,14)15)5-20(16,17)18/h6-7,10H,1-5,9H2,(H,11,12)(H2,13,14,15)(H2,16,17,18). The molecule has 0 saturated heterocycles. The van der Waals surface area contributed by atoms with Crippen molar-refractivity contribution in [3.8, 4) is 0 Å². The minimum Gasteiger partial charge on any atom is -0.480 e. The molecule has 20 heavy (non-hydrogen) atoms. The van der Waals surface area contributed by atoms with Gasteiger partial charge < -0.3 is 35.7 Å². The Morgan fingerprint density at radius 1 is 1.10 bits per heavy atom. The smallest absolute Gasteiger partial charge is 0.327 e. The number of nitrogens with two attached hydrogens (primary N) is 1. The van der Waals surface area contributed by atoms with Crippen molar-refractivity contribution in [2.75, 3.05) is 18.9 Å². The van der Waals surface area contributed by atoms with Gasteiger partial charge in [0.05, 0.1) is 12.3 Å². The van der Waals surface area contributed by atoms with Crippen LogP contribution in [0.1, 0.15) is 12.8 Å². The molecule has 0 radical (unpaired) electrons. The molecule has 10 nitrogen and oxygen atoms in total. The van der Waals surface area contributed by atoms with E-state index >= 15 is 0 Å². The number of carboxylic acid groups (broad SMARTS) is 1. The molecule has 8 N–H and O–H groups in total. The number of carboxylic acids is 1. The van der Waals surface area contributed by atoms with Crippen molar-refractivity contribution in [2.24, 2.45) is 5.73 Å². The Labute approximate surface area is 115 Å². The number of nitrogens with one attached hydrogen (secondary N) is 1. The number of rotatable bonds is 10. The molecule has 0 saturated carbocycles. The molecule has 0 rings (SSSR count). The first-order valence-corrected chi connectivity index (χ1v) is 9.31. The molecule has 0 aliphatic heterocycles. The minimum absolute atomic E-state index is 0.140. The normalized spacial score (nSPS) is 14.5. The molecule has 0 amide bonds. The van der Waals surface area contributed by atoms with Gasteiger partial charge >= 0.3 is 21.2 Å². The minimum atomic E-state index is -4.42. The van der Waals surface area contributed by atoms with E-state index in [4.69, 9.17) is 30.4 Å². The van der Waals surface area contributed by atoms with Gasteiger partial charge in [0.1, 0.15) is 6.04 Å². The summed E-state index contributed by atoms with van der Waals surface area (Å²) in [5, 5.41) is 11.1. The summed E-state index contributed by atoms with van der Waals surface area (Å²) >= 11 is 0. The maximum Gasteiger partial charge on any atom is 0.327 e. The van der Waals surface area contributed by atoms with E-state index in [2.05, 4.69) is 5.32 Å². The molecule has 0 aromatic rings. The summed E-state index contributed by atoms with van der Waals surface area (Å²) in [6.45, 7) is 0.144. The van der Waals surface area contributed by atoms with Gasteiger partial charge in [0.25, 0.3) is 0 Å². The lowest BCUT2D eigenvalue weighted by atomic mass is 10.1. The lowest BCUT2D eigenvalue weighted by molar-refractivity contribution is -0.138. The van der Waals surface area contributed by atoms with Gasteiger partial charge in [-0.3, -0.25) is 13.9 Å². The van der Waals surface area contributed by atoms with E-state index in [0.29, 0.717) is 6.42 Å². The summed E-state index contributed by atoms with van der Waals surface area (Å²) in [7, 11) is -8.83. The average Bonchev–Trinajstić information content (AvgIpc) is 2.18. The zero-order valence-electron chi connectivity index (χ0n) is 10.6. The molecular formula is C8H20N2O8P2. The Kier molecular flexibility index (Phi) is 8.08. The van der Waals surface area contributed by atoms with E-state index < -0.39 is 45.6 Å².